The summed E-state index contributed by atoms with van der Waals surface area (Å²) in [5.41, 5.74) is 1.14. The monoisotopic (exact) mass is 208 g/mol. The van der Waals surface area contributed by atoms with Gasteiger partial charge in [-0.2, -0.15) is 0 Å². The van der Waals surface area contributed by atoms with Gasteiger partial charge < -0.3 is 9.47 Å². The third-order valence-electron chi connectivity index (χ3n) is 2.65. The summed E-state index contributed by atoms with van der Waals surface area (Å²) in [4.78, 5) is 11.1. The lowest BCUT2D eigenvalue weighted by Gasteiger charge is -2.31. The third kappa shape index (κ3) is 2.06. The Kier molecular flexibility index (Phi) is 2.33. The second-order valence-corrected chi connectivity index (χ2v) is 5.03. The normalized spacial score (nSPS) is 25.8. The van der Waals surface area contributed by atoms with Crippen LogP contribution in [0.25, 0.3) is 0 Å². The van der Waals surface area contributed by atoms with Gasteiger partial charge in [-0.1, -0.05) is 20.8 Å². The maximum atomic E-state index is 11.1. The number of ketones is 1. The molecule has 0 aromatic carbocycles. The Bertz CT molecular complexity index is 344. The molecule has 1 atom stereocenters. The molecule has 0 aromatic rings. The molecule has 1 fully saturated rings. The van der Waals surface area contributed by atoms with Crippen molar-refractivity contribution in [3.05, 3.63) is 23.7 Å². The van der Waals surface area contributed by atoms with Gasteiger partial charge in [0.2, 0.25) is 0 Å². The molecule has 0 bridgehead atoms. The van der Waals surface area contributed by atoms with E-state index in [1.165, 1.54) is 0 Å². The Labute approximate surface area is 89.8 Å². The number of hydrogen-bond donors (Lipinski definition) is 0. The van der Waals surface area contributed by atoms with E-state index >= 15 is 0 Å². The zero-order valence-electron chi connectivity index (χ0n) is 9.37. The van der Waals surface area contributed by atoms with Crippen molar-refractivity contribution in [1.82, 2.24) is 0 Å². The van der Waals surface area contributed by atoms with Crippen molar-refractivity contribution in [3.8, 4) is 0 Å². The molecular weight excluding hydrogens is 192 g/mol. The Morgan fingerprint density at radius 3 is 2.80 bits per heavy atom. The minimum atomic E-state index is -0.197. The predicted octanol–water partition coefficient (Wildman–Crippen LogP) is 2.19. The van der Waals surface area contributed by atoms with E-state index in [2.05, 4.69) is 20.8 Å². The summed E-state index contributed by atoms with van der Waals surface area (Å²) in [6.07, 6.45) is 3.98. The number of ether oxygens (including phenoxy) is 2. The maximum Gasteiger partial charge on any atom is 0.174 e. The van der Waals surface area contributed by atoms with Crippen molar-refractivity contribution in [2.24, 2.45) is 5.41 Å². The number of Topliss-reactive ketones (excluding diaryl/α,β-unsaturated/α-hetero) is 1. The van der Waals surface area contributed by atoms with Crippen LogP contribution in [0.15, 0.2) is 23.7 Å². The van der Waals surface area contributed by atoms with Gasteiger partial charge in [-0.05, 0) is 17.1 Å². The first kappa shape index (κ1) is 10.3. The molecule has 0 aliphatic carbocycles. The molecule has 2 heterocycles. The molecule has 2 rings (SSSR count). The minimum absolute atomic E-state index is 0.0444. The summed E-state index contributed by atoms with van der Waals surface area (Å²) in [6.45, 7) is 6.54. The van der Waals surface area contributed by atoms with Gasteiger partial charge in [0.1, 0.15) is 12.4 Å². The van der Waals surface area contributed by atoms with Crippen molar-refractivity contribution >= 4 is 5.78 Å². The average Bonchev–Trinajstić information content (AvgIpc) is 2.15. The molecule has 3 heteroatoms. The summed E-state index contributed by atoms with van der Waals surface area (Å²) < 4.78 is 10.9. The largest absolute Gasteiger partial charge is 0.489 e. The van der Waals surface area contributed by atoms with Gasteiger partial charge in [0.15, 0.2) is 11.9 Å². The van der Waals surface area contributed by atoms with E-state index in [-0.39, 0.29) is 23.9 Å². The molecule has 1 unspecified atom stereocenters. The van der Waals surface area contributed by atoms with Gasteiger partial charge >= 0.3 is 0 Å². The van der Waals surface area contributed by atoms with Crippen LogP contribution in [0.1, 0.15) is 27.2 Å². The molecule has 1 saturated heterocycles. The Morgan fingerprint density at radius 1 is 1.40 bits per heavy atom. The number of allylic oxidation sites excluding steroid dienone is 2. The van der Waals surface area contributed by atoms with Crippen molar-refractivity contribution < 1.29 is 14.3 Å². The SMILES string of the molecule is CC(C)(C)C1=COC2CC(=O)COC2=C1. The number of fused-ring (bicyclic) bond motifs is 1. The van der Waals surface area contributed by atoms with Crippen LogP contribution in [0.4, 0.5) is 0 Å². The van der Waals surface area contributed by atoms with Gasteiger partial charge in [0.05, 0.1) is 12.7 Å². The molecule has 82 valence electrons. The lowest BCUT2D eigenvalue weighted by molar-refractivity contribution is -0.129. The van der Waals surface area contributed by atoms with Crippen LogP contribution in [-0.4, -0.2) is 18.5 Å². The first-order valence-corrected chi connectivity index (χ1v) is 5.19. The summed E-state index contributed by atoms with van der Waals surface area (Å²) >= 11 is 0. The number of hydrogen-bond acceptors (Lipinski definition) is 3. The van der Waals surface area contributed by atoms with Crippen molar-refractivity contribution in [1.29, 1.82) is 0 Å². The van der Waals surface area contributed by atoms with Crippen molar-refractivity contribution in [3.63, 3.8) is 0 Å². The molecule has 0 radical (unpaired) electrons. The highest BCUT2D eigenvalue weighted by atomic mass is 16.5. The molecule has 0 N–H and O–H groups in total. The predicted molar refractivity (Wildman–Crippen MR) is 56.1 cm³/mol. The van der Waals surface area contributed by atoms with E-state index in [1.54, 1.807) is 6.26 Å². The topological polar surface area (TPSA) is 35.5 Å². The van der Waals surface area contributed by atoms with Crippen molar-refractivity contribution in [2.45, 2.75) is 33.3 Å². The van der Waals surface area contributed by atoms with Crippen LogP contribution in [0, 0.1) is 5.41 Å². The second kappa shape index (κ2) is 3.40. The fourth-order valence-corrected chi connectivity index (χ4v) is 1.61. The highest BCUT2D eigenvalue weighted by molar-refractivity contribution is 5.81. The molecule has 0 saturated carbocycles. The van der Waals surface area contributed by atoms with Crippen LogP contribution in [0.3, 0.4) is 0 Å². The van der Waals surface area contributed by atoms with E-state index in [1.807, 2.05) is 6.08 Å². The average molecular weight is 208 g/mol. The van der Waals surface area contributed by atoms with E-state index in [0.717, 1.165) is 11.3 Å². The maximum absolute atomic E-state index is 11.1. The van der Waals surface area contributed by atoms with E-state index < -0.39 is 0 Å². The standard InChI is InChI=1S/C12H16O3/c1-12(2,3)8-4-10-11(14-6-8)5-9(13)7-15-10/h4,6,11H,5,7H2,1-3H3. The molecule has 2 aliphatic heterocycles. The lowest BCUT2D eigenvalue weighted by Crippen LogP contribution is -2.31. The smallest absolute Gasteiger partial charge is 0.174 e. The van der Waals surface area contributed by atoms with Gasteiger partial charge in [-0.15, -0.1) is 0 Å². The summed E-state index contributed by atoms with van der Waals surface area (Å²) in [5.74, 6) is 0.895. The van der Waals surface area contributed by atoms with Crippen LogP contribution >= 0.6 is 0 Å². The first-order valence-electron chi connectivity index (χ1n) is 5.19. The zero-order chi connectivity index (χ0) is 11.1. The Hall–Kier alpha value is -1.25. The number of rotatable bonds is 0. The molecule has 15 heavy (non-hydrogen) atoms. The Balaban J connectivity index is 2.19. The molecule has 0 aromatic heterocycles. The van der Waals surface area contributed by atoms with Crippen LogP contribution in [-0.2, 0) is 14.3 Å². The van der Waals surface area contributed by atoms with Gasteiger partial charge in [0, 0.05) is 0 Å². The summed E-state index contributed by atoms with van der Waals surface area (Å²) in [7, 11) is 0. The molecule has 0 spiro atoms. The summed E-state index contributed by atoms with van der Waals surface area (Å²) in [6, 6.07) is 0. The first-order chi connectivity index (χ1) is 6.97. The fraction of sp³-hybridized carbons (Fsp3) is 0.583. The van der Waals surface area contributed by atoms with Gasteiger partial charge in [0.25, 0.3) is 0 Å². The quantitative estimate of drug-likeness (QED) is 0.612. The van der Waals surface area contributed by atoms with Gasteiger partial charge in [-0.25, -0.2) is 0 Å². The van der Waals surface area contributed by atoms with Crippen LogP contribution in [0.2, 0.25) is 0 Å². The van der Waals surface area contributed by atoms with E-state index in [9.17, 15) is 4.79 Å². The molecule has 2 aliphatic rings. The highest BCUT2D eigenvalue weighted by Crippen LogP contribution is 2.33. The van der Waals surface area contributed by atoms with Crippen LogP contribution < -0.4 is 0 Å². The van der Waals surface area contributed by atoms with Crippen LogP contribution in [0.5, 0.6) is 0 Å². The Morgan fingerprint density at radius 2 is 2.13 bits per heavy atom. The highest BCUT2D eigenvalue weighted by Gasteiger charge is 2.31. The lowest BCUT2D eigenvalue weighted by atomic mass is 9.85. The molecular formula is C12H16O3. The molecule has 3 nitrogen and oxygen atoms in total. The second-order valence-electron chi connectivity index (χ2n) is 5.03. The summed E-state index contributed by atoms with van der Waals surface area (Å²) in [5, 5.41) is 0. The van der Waals surface area contributed by atoms with E-state index in [0.29, 0.717) is 6.42 Å². The zero-order valence-corrected chi connectivity index (χ0v) is 9.37. The van der Waals surface area contributed by atoms with E-state index in [4.69, 9.17) is 9.47 Å². The minimum Gasteiger partial charge on any atom is -0.489 e. The van der Waals surface area contributed by atoms with Crippen molar-refractivity contribution in [2.75, 3.05) is 6.61 Å². The number of carbonyl (C=O) groups excluding carboxylic acids is 1. The van der Waals surface area contributed by atoms with Gasteiger partial charge in [-0.3, -0.25) is 4.79 Å². The third-order valence-corrected chi connectivity index (χ3v) is 2.65. The molecule has 0 amide bonds. The fourth-order valence-electron chi connectivity index (χ4n) is 1.61. The number of carbonyl (C=O) groups is 1.